The molecule has 1 saturated carbocycles. The molecule has 1 aromatic carbocycles. The molecule has 0 bridgehead atoms. The zero-order valence-electron chi connectivity index (χ0n) is 9.72. The number of nitrogens with zero attached hydrogens (tertiary/aromatic N) is 2. The zero-order valence-corrected chi connectivity index (χ0v) is 9.72. The molecule has 94 valence electrons. The zero-order chi connectivity index (χ0) is 13.2. The van der Waals surface area contributed by atoms with Crippen molar-refractivity contribution in [3.63, 3.8) is 0 Å². The van der Waals surface area contributed by atoms with Crippen LogP contribution < -0.4 is 5.32 Å². The molecule has 2 N–H and O–H groups in total. The summed E-state index contributed by atoms with van der Waals surface area (Å²) in [6.45, 7) is 0.267. The Kier molecular flexibility index (Phi) is 3.17. The maximum Gasteiger partial charge on any atom is 0.309 e. The van der Waals surface area contributed by atoms with Crippen molar-refractivity contribution in [3.05, 3.63) is 33.9 Å². The van der Waals surface area contributed by atoms with Crippen LogP contribution in [0.2, 0.25) is 0 Å². The molecule has 1 fully saturated rings. The SMILES string of the molecule is N#Cc1cccc(NCC2(O)CCC2)c1[N+](=O)[O-]. The van der Waals surface area contributed by atoms with Crippen molar-refractivity contribution in [1.29, 1.82) is 5.26 Å². The lowest BCUT2D eigenvalue weighted by Crippen LogP contribution is -2.43. The van der Waals surface area contributed by atoms with E-state index in [-0.39, 0.29) is 23.5 Å². The van der Waals surface area contributed by atoms with Gasteiger partial charge in [-0.1, -0.05) is 6.07 Å². The van der Waals surface area contributed by atoms with Crippen LogP contribution in [0.4, 0.5) is 11.4 Å². The van der Waals surface area contributed by atoms with Crippen LogP contribution in [0.25, 0.3) is 0 Å². The van der Waals surface area contributed by atoms with Gasteiger partial charge in [0.05, 0.1) is 10.5 Å². The molecule has 18 heavy (non-hydrogen) atoms. The van der Waals surface area contributed by atoms with Gasteiger partial charge in [-0.05, 0) is 31.4 Å². The van der Waals surface area contributed by atoms with E-state index in [4.69, 9.17) is 5.26 Å². The van der Waals surface area contributed by atoms with E-state index >= 15 is 0 Å². The Bertz CT molecular complexity index is 518. The van der Waals surface area contributed by atoms with Gasteiger partial charge in [0, 0.05) is 6.54 Å². The summed E-state index contributed by atoms with van der Waals surface area (Å²) < 4.78 is 0. The van der Waals surface area contributed by atoms with Gasteiger partial charge in [0.1, 0.15) is 17.3 Å². The molecular formula is C12H13N3O3. The van der Waals surface area contributed by atoms with Gasteiger partial charge in [-0.2, -0.15) is 5.26 Å². The fourth-order valence-electron chi connectivity index (χ4n) is 1.99. The third-order valence-corrected chi connectivity index (χ3v) is 3.23. The smallest absolute Gasteiger partial charge is 0.309 e. The fourth-order valence-corrected chi connectivity index (χ4v) is 1.99. The molecule has 1 aromatic rings. The molecular weight excluding hydrogens is 234 g/mol. The molecule has 1 aliphatic carbocycles. The van der Waals surface area contributed by atoms with E-state index in [1.807, 2.05) is 0 Å². The number of aliphatic hydroxyl groups is 1. The second kappa shape index (κ2) is 4.63. The van der Waals surface area contributed by atoms with Crippen LogP contribution in [0.1, 0.15) is 24.8 Å². The summed E-state index contributed by atoms with van der Waals surface area (Å²) >= 11 is 0. The molecule has 2 rings (SSSR count). The highest BCUT2D eigenvalue weighted by molar-refractivity contribution is 5.68. The summed E-state index contributed by atoms with van der Waals surface area (Å²) in [7, 11) is 0. The van der Waals surface area contributed by atoms with Crippen LogP contribution in [0.3, 0.4) is 0 Å². The molecule has 0 heterocycles. The Morgan fingerprint density at radius 3 is 2.78 bits per heavy atom. The lowest BCUT2D eigenvalue weighted by molar-refractivity contribution is -0.384. The minimum atomic E-state index is -0.767. The number of para-hydroxylation sites is 1. The van der Waals surface area contributed by atoms with Gasteiger partial charge in [-0.15, -0.1) is 0 Å². The summed E-state index contributed by atoms with van der Waals surface area (Å²) in [5.74, 6) is 0. The predicted molar refractivity (Wildman–Crippen MR) is 65.1 cm³/mol. The number of nitro groups is 1. The number of nitro benzene ring substituents is 1. The number of nitriles is 1. The van der Waals surface area contributed by atoms with E-state index in [0.29, 0.717) is 12.8 Å². The highest BCUT2D eigenvalue weighted by Crippen LogP contribution is 2.33. The Morgan fingerprint density at radius 2 is 2.28 bits per heavy atom. The van der Waals surface area contributed by atoms with E-state index in [1.54, 1.807) is 18.2 Å². The average molecular weight is 247 g/mol. The summed E-state index contributed by atoms with van der Waals surface area (Å²) in [4.78, 5) is 10.4. The first-order valence-corrected chi connectivity index (χ1v) is 5.69. The maximum absolute atomic E-state index is 11.0. The van der Waals surface area contributed by atoms with E-state index in [0.717, 1.165) is 6.42 Å². The van der Waals surface area contributed by atoms with Gasteiger partial charge in [-0.3, -0.25) is 10.1 Å². The molecule has 1 aliphatic rings. The van der Waals surface area contributed by atoms with Gasteiger partial charge in [0.2, 0.25) is 0 Å². The van der Waals surface area contributed by atoms with Gasteiger partial charge >= 0.3 is 5.69 Å². The quantitative estimate of drug-likeness (QED) is 0.624. The van der Waals surface area contributed by atoms with Gasteiger partial charge in [0.25, 0.3) is 0 Å². The molecule has 0 spiro atoms. The van der Waals surface area contributed by atoms with Crippen molar-refractivity contribution < 1.29 is 10.0 Å². The number of hydrogen-bond donors (Lipinski definition) is 2. The minimum absolute atomic E-state index is 0.0191. The summed E-state index contributed by atoms with van der Waals surface area (Å²) in [6.07, 6.45) is 2.37. The van der Waals surface area contributed by atoms with E-state index < -0.39 is 10.5 Å². The van der Waals surface area contributed by atoms with Crippen LogP contribution in [0.5, 0.6) is 0 Å². The normalized spacial score (nSPS) is 16.4. The second-order valence-corrected chi connectivity index (χ2v) is 4.50. The van der Waals surface area contributed by atoms with Crippen molar-refractivity contribution in [1.82, 2.24) is 0 Å². The van der Waals surface area contributed by atoms with Crippen molar-refractivity contribution in [2.75, 3.05) is 11.9 Å². The topological polar surface area (TPSA) is 99.2 Å². The number of benzene rings is 1. The van der Waals surface area contributed by atoms with Crippen LogP contribution in [0, 0.1) is 21.4 Å². The standard InChI is InChI=1S/C12H13N3O3/c13-7-9-3-1-4-10(11(9)15(17)18)14-8-12(16)5-2-6-12/h1,3-4,14,16H,2,5-6,8H2. The monoisotopic (exact) mass is 247 g/mol. The summed E-state index contributed by atoms with van der Waals surface area (Å²) in [5.41, 5.74) is -0.704. The Labute approximate surface area is 104 Å². The molecule has 0 aliphatic heterocycles. The summed E-state index contributed by atoms with van der Waals surface area (Å²) in [5, 5.41) is 32.6. The van der Waals surface area contributed by atoms with Crippen molar-refractivity contribution >= 4 is 11.4 Å². The van der Waals surface area contributed by atoms with Crippen molar-refractivity contribution in [3.8, 4) is 6.07 Å². The van der Waals surface area contributed by atoms with Crippen molar-refractivity contribution in [2.24, 2.45) is 0 Å². The van der Waals surface area contributed by atoms with Gasteiger partial charge < -0.3 is 10.4 Å². The maximum atomic E-state index is 11.0. The Hall–Kier alpha value is -2.13. The molecule has 0 unspecified atom stereocenters. The first-order valence-electron chi connectivity index (χ1n) is 5.69. The molecule has 6 nitrogen and oxygen atoms in total. The third-order valence-electron chi connectivity index (χ3n) is 3.23. The third kappa shape index (κ3) is 2.26. The summed E-state index contributed by atoms with van der Waals surface area (Å²) in [6, 6.07) is 6.33. The first kappa shape index (κ1) is 12.3. The van der Waals surface area contributed by atoms with Crippen LogP contribution >= 0.6 is 0 Å². The molecule has 6 heteroatoms. The number of hydrogen-bond acceptors (Lipinski definition) is 5. The predicted octanol–water partition coefficient (Wildman–Crippen LogP) is 1.79. The van der Waals surface area contributed by atoms with Crippen LogP contribution in [-0.2, 0) is 0 Å². The highest BCUT2D eigenvalue weighted by atomic mass is 16.6. The van der Waals surface area contributed by atoms with Crippen LogP contribution in [-0.4, -0.2) is 22.2 Å². The lowest BCUT2D eigenvalue weighted by Gasteiger charge is -2.36. The molecule has 0 saturated heterocycles. The molecule has 0 radical (unpaired) electrons. The number of anilines is 1. The Balaban J connectivity index is 2.22. The van der Waals surface area contributed by atoms with Gasteiger partial charge in [-0.25, -0.2) is 0 Å². The first-order chi connectivity index (χ1) is 8.56. The second-order valence-electron chi connectivity index (χ2n) is 4.50. The van der Waals surface area contributed by atoms with Crippen LogP contribution in [0.15, 0.2) is 18.2 Å². The van der Waals surface area contributed by atoms with E-state index in [9.17, 15) is 15.2 Å². The Morgan fingerprint density at radius 1 is 1.56 bits per heavy atom. The fraction of sp³-hybridized carbons (Fsp3) is 0.417. The highest BCUT2D eigenvalue weighted by Gasteiger charge is 2.34. The molecule has 0 aromatic heterocycles. The number of nitrogens with one attached hydrogen (secondary N) is 1. The van der Waals surface area contributed by atoms with E-state index in [2.05, 4.69) is 5.32 Å². The molecule has 0 amide bonds. The number of rotatable bonds is 4. The van der Waals surface area contributed by atoms with E-state index in [1.165, 1.54) is 6.07 Å². The average Bonchev–Trinajstić information content (AvgIpc) is 2.33. The van der Waals surface area contributed by atoms with Gasteiger partial charge in [0.15, 0.2) is 0 Å². The minimum Gasteiger partial charge on any atom is -0.388 e. The largest absolute Gasteiger partial charge is 0.388 e. The lowest BCUT2D eigenvalue weighted by atomic mass is 9.80. The van der Waals surface area contributed by atoms with Crippen molar-refractivity contribution in [2.45, 2.75) is 24.9 Å². The molecule has 0 atom stereocenters.